The van der Waals surface area contributed by atoms with Gasteiger partial charge in [-0.15, -0.1) is 11.8 Å². The summed E-state index contributed by atoms with van der Waals surface area (Å²) in [5, 5.41) is 4.55. The molecule has 0 radical (unpaired) electrons. The van der Waals surface area contributed by atoms with Gasteiger partial charge in [0.2, 0.25) is 0 Å². The molecule has 0 bridgehead atoms. The van der Waals surface area contributed by atoms with Crippen LogP contribution in [0.2, 0.25) is 0 Å². The highest BCUT2D eigenvalue weighted by molar-refractivity contribution is 9.10. The molecule has 23 heavy (non-hydrogen) atoms. The summed E-state index contributed by atoms with van der Waals surface area (Å²) >= 11 is 5.30. The number of fused-ring (bicyclic) bond motifs is 3. The zero-order valence-corrected chi connectivity index (χ0v) is 15.1. The quantitative estimate of drug-likeness (QED) is 0.747. The van der Waals surface area contributed by atoms with Gasteiger partial charge in [0.25, 0.3) is 5.91 Å². The lowest BCUT2D eigenvalue weighted by Gasteiger charge is -2.26. The molecule has 0 atom stereocenters. The highest BCUT2D eigenvalue weighted by Crippen LogP contribution is 2.43. The fourth-order valence-corrected chi connectivity index (χ4v) is 4.50. The van der Waals surface area contributed by atoms with Gasteiger partial charge in [0.1, 0.15) is 0 Å². The van der Waals surface area contributed by atoms with Crippen molar-refractivity contribution in [2.24, 2.45) is 7.05 Å². The lowest BCUT2D eigenvalue weighted by Crippen LogP contribution is -2.41. The number of amides is 1. The average Bonchev–Trinajstić information content (AvgIpc) is 2.92. The number of nitrogens with zero attached hydrogens (tertiary/aromatic N) is 3. The minimum Gasteiger partial charge on any atom is -0.378 e. The number of halogens is 1. The van der Waals surface area contributed by atoms with E-state index >= 15 is 0 Å². The number of morpholine rings is 1. The van der Waals surface area contributed by atoms with Crippen LogP contribution in [-0.4, -0.2) is 46.9 Å². The van der Waals surface area contributed by atoms with Crippen molar-refractivity contribution in [2.45, 2.75) is 10.6 Å². The average molecular weight is 394 g/mol. The van der Waals surface area contributed by atoms with Gasteiger partial charge >= 0.3 is 0 Å². The van der Waals surface area contributed by atoms with Crippen LogP contribution in [0.25, 0.3) is 11.3 Å². The van der Waals surface area contributed by atoms with Gasteiger partial charge in [-0.3, -0.25) is 9.48 Å². The zero-order chi connectivity index (χ0) is 16.0. The van der Waals surface area contributed by atoms with Gasteiger partial charge in [0.15, 0.2) is 5.69 Å². The molecule has 4 rings (SSSR count). The first-order valence-corrected chi connectivity index (χ1v) is 9.28. The maximum atomic E-state index is 12.8. The van der Waals surface area contributed by atoms with Gasteiger partial charge in [-0.2, -0.15) is 5.10 Å². The molecule has 1 fully saturated rings. The van der Waals surface area contributed by atoms with Gasteiger partial charge in [0.05, 0.1) is 18.9 Å². The SMILES string of the molecule is Cn1nc(C(=O)N2CCOCC2)c2c1-c1cc(Br)ccc1SC2. The molecule has 1 amide bonds. The summed E-state index contributed by atoms with van der Waals surface area (Å²) in [5.74, 6) is 0.799. The predicted octanol–water partition coefficient (Wildman–Crippen LogP) is 2.93. The summed E-state index contributed by atoms with van der Waals surface area (Å²) in [6.45, 7) is 2.48. The molecule has 1 saturated heterocycles. The number of ether oxygens (including phenoxy) is 1. The van der Waals surface area contributed by atoms with E-state index in [4.69, 9.17) is 4.74 Å². The first-order chi connectivity index (χ1) is 11.1. The summed E-state index contributed by atoms with van der Waals surface area (Å²) in [6.07, 6.45) is 0. The lowest BCUT2D eigenvalue weighted by atomic mass is 10.1. The van der Waals surface area contributed by atoms with Crippen molar-refractivity contribution < 1.29 is 9.53 Å². The van der Waals surface area contributed by atoms with Crippen LogP contribution < -0.4 is 0 Å². The Hall–Kier alpha value is -1.31. The molecule has 3 heterocycles. The van der Waals surface area contributed by atoms with Gasteiger partial charge in [-0.05, 0) is 18.2 Å². The van der Waals surface area contributed by atoms with Crippen molar-refractivity contribution in [3.63, 3.8) is 0 Å². The summed E-state index contributed by atoms with van der Waals surface area (Å²) in [7, 11) is 1.91. The molecule has 2 aliphatic heterocycles. The van der Waals surface area contributed by atoms with Gasteiger partial charge in [-0.1, -0.05) is 15.9 Å². The number of thioether (sulfide) groups is 1. The summed E-state index contributed by atoms with van der Waals surface area (Å²) in [6, 6.07) is 6.27. The molecule has 2 aliphatic rings. The fourth-order valence-electron chi connectivity index (χ4n) is 3.09. The third-order valence-corrected chi connectivity index (χ3v) is 5.81. The van der Waals surface area contributed by atoms with Crippen LogP contribution >= 0.6 is 27.7 Å². The third-order valence-electron chi connectivity index (χ3n) is 4.21. The maximum absolute atomic E-state index is 12.8. The van der Waals surface area contributed by atoms with E-state index in [1.807, 2.05) is 22.7 Å². The maximum Gasteiger partial charge on any atom is 0.274 e. The minimum atomic E-state index is 0.0178. The van der Waals surface area contributed by atoms with Crippen LogP contribution in [0.3, 0.4) is 0 Å². The molecule has 5 nitrogen and oxygen atoms in total. The molecule has 2 aromatic rings. The monoisotopic (exact) mass is 393 g/mol. The smallest absolute Gasteiger partial charge is 0.274 e. The van der Waals surface area contributed by atoms with Crippen molar-refractivity contribution in [3.8, 4) is 11.3 Å². The van der Waals surface area contributed by atoms with E-state index in [1.54, 1.807) is 11.8 Å². The highest BCUT2D eigenvalue weighted by Gasteiger charge is 2.30. The topological polar surface area (TPSA) is 47.4 Å². The van der Waals surface area contributed by atoms with Crippen LogP contribution in [-0.2, 0) is 17.5 Å². The zero-order valence-electron chi connectivity index (χ0n) is 12.7. The van der Waals surface area contributed by atoms with Crippen molar-refractivity contribution in [2.75, 3.05) is 26.3 Å². The Morgan fingerprint density at radius 3 is 2.91 bits per heavy atom. The standard InChI is InChI=1S/C16H16BrN3O2S/c1-19-15-11-8-10(17)2-3-13(11)23-9-12(15)14(18-19)16(21)20-4-6-22-7-5-20/h2-3,8H,4-7,9H2,1H3. The number of aromatic nitrogens is 2. The Morgan fingerprint density at radius 2 is 2.13 bits per heavy atom. The lowest BCUT2D eigenvalue weighted by molar-refractivity contribution is 0.0298. The predicted molar refractivity (Wildman–Crippen MR) is 92.6 cm³/mol. The van der Waals surface area contributed by atoms with E-state index in [-0.39, 0.29) is 5.91 Å². The number of aryl methyl sites for hydroxylation is 1. The Bertz CT molecular complexity index is 784. The van der Waals surface area contributed by atoms with E-state index in [0.29, 0.717) is 32.0 Å². The summed E-state index contributed by atoms with van der Waals surface area (Å²) in [4.78, 5) is 15.9. The van der Waals surface area contributed by atoms with Gasteiger partial charge in [-0.25, -0.2) is 0 Å². The molecule has 0 unspecified atom stereocenters. The first-order valence-electron chi connectivity index (χ1n) is 7.51. The molecule has 7 heteroatoms. The molecule has 0 N–H and O–H groups in total. The molecule has 0 saturated carbocycles. The van der Waals surface area contributed by atoms with E-state index in [9.17, 15) is 4.79 Å². The van der Waals surface area contributed by atoms with E-state index in [0.717, 1.165) is 27.0 Å². The second-order valence-corrected chi connectivity index (χ2v) is 7.57. The van der Waals surface area contributed by atoms with Crippen LogP contribution in [0.1, 0.15) is 16.1 Å². The van der Waals surface area contributed by atoms with Gasteiger partial charge in [0, 0.05) is 46.4 Å². The third kappa shape index (κ3) is 2.60. The molecule has 0 aliphatic carbocycles. The molecule has 1 aromatic heterocycles. The Balaban J connectivity index is 1.78. The highest BCUT2D eigenvalue weighted by atomic mass is 79.9. The largest absolute Gasteiger partial charge is 0.378 e. The number of hydrogen-bond acceptors (Lipinski definition) is 4. The number of benzene rings is 1. The van der Waals surface area contributed by atoms with Crippen LogP contribution in [0.4, 0.5) is 0 Å². The van der Waals surface area contributed by atoms with Gasteiger partial charge < -0.3 is 9.64 Å². The normalized spacial score (nSPS) is 16.9. The Labute approximate surface area is 147 Å². The molecule has 1 aromatic carbocycles. The molecular formula is C16H16BrN3O2S. The van der Waals surface area contributed by atoms with E-state index in [2.05, 4.69) is 33.2 Å². The number of carbonyl (C=O) groups is 1. The minimum absolute atomic E-state index is 0.0178. The van der Waals surface area contributed by atoms with Crippen LogP contribution in [0.15, 0.2) is 27.6 Å². The van der Waals surface area contributed by atoms with E-state index in [1.165, 1.54) is 4.90 Å². The second-order valence-electron chi connectivity index (χ2n) is 5.63. The molecular weight excluding hydrogens is 378 g/mol. The van der Waals surface area contributed by atoms with Crippen LogP contribution in [0.5, 0.6) is 0 Å². The summed E-state index contributed by atoms with van der Waals surface area (Å²) < 4.78 is 8.21. The molecule has 120 valence electrons. The Morgan fingerprint density at radius 1 is 1.35 bits per heavy atom. The van der Waals surface area contributed by atoms with Crippen LogP contribution in [0, 0.1) is 0 Å². The molecule has 0 spiro atoms. The number of carbonyl (C=O) groups excluding carboxylic acids is 1. The first kappa shape index (κ1) is 15.2. The van der Waals surface area contributed by atoms with Crippen molar-refractivity contribution in [3.05, 3.63) is 33.9 Å². The van der Waals surface area contributed by atoms with Crippen molar-refractivity contribution >= 4 is 33.6 Å². The Kier molecular flexibility index (Phi) is 3.95. The second kappa shape index (κ2) is 5.96. The fraction of sp³-hybridized carbons (Fsp3) is 0.375. The summed E-state index contributed by atoms with van der Waals surface area (Å²) in [5.41, 5.74) is 3.82. The number of rotatable bonds is 1. The van der Waals surface area contributed by atoms with Crippen molar-refractivity contribution in [1.29, 1.82) is 0 Å². The van der Waals surface area contributed by atoms with Crippen molar-refractivity contribution in [1.82, 2.24) is 14.7 Å². The number of hydrogen-bond donors (Lipinski definition) is 0. The van der Waals surface area contributed by atoms with E-state index < -0.39 is 0 Å².